The van der Waals surface area contributed by atoms with Crippen LogP contribution in [0.5, 0.6) is 5.75 Å². The van der Waals surface area contributed by atoms with Crippen molar-refractivity contribution in [3.05, 3.63) is 71.0 Å². The van der Waals surface area contributed by atoms with E-state index in [0.717, 1.165) is 16.9 Å². The SMILES string of the molecule is COc1cccc(CNC(=O)c2cnc(-c3cccc(Cl)c3)[nH]2)c1. The zero-order valence-corrected chi connectivity index (χ0v) is 13.8. The molecular formula is C18H16ClN3O2. The highest BCUT2D eigenvalue weighted by Gasteiger charge is 2.11. The first-order valence-corrected chi connectivity index (χ1v) is 7.75. The van der Waals surface area contributed by atoms with Gasteiger partial charge in [-0.3, -0.25) is 4.79 Å². The Hall–Kier alpha value is -2.79. The second-order valence-corrected chi connectivity index (χ2v) is 5.63. The molecule has 0 atom stereocenters. The van der Waals surface area contributed by atoms with Crippen LogP contribution in [0.15, 0.2) is 54.7 Å². The van der Waals surface area contributed by atoms with Crippen molar-refractivity contribution < 1.29 is 9.53 Å². The Morgan fingerprint density at radius 1 is 1.25 bits per heavy atom. The summed E-state index contributed by atoms with van der Waals surface area (Å²) in [6.45, 7) is 0.404. The van der Waals surface area contributed by atoms with E-state index in [0.29, 0.717) is 23.1 Å². The van der Waals surface area contributed by atoms with Gasteiger partial charge in [-0.05, 0) is 29.8 Å². The smallest absolute Gasteiger partial charge is 0.269 e. The molecule has 0 aliphatic heterocycles. The highest BCUT2D eigenvalue weighted by Crippen LogP contribution is 2.20. The molecular weight excluding hydrogens is 326 g/mol. The maximum absolute atomic E-state index is 12.2. The van der Waals surface area contributed by atoms with Gasteiger partial charge in [-0.2, -0.15) is 0 Å². The molecule has 0 fully saturated rings. The Morgan fingerprint density at radius 2 is 2.08 bits per heavy atom. The third kappa shape index (κ3) is 3.75. The van der Waals surface area contributed by atoms with Crippen molar-refractivity contribution in [1.82, 2.24) is 15.3 Å². The molecule has 5 nitrogen and oxygen atoms in total. The average Bonchev–Trinajstić information content (AvgIpc) is 3.10. The molecule has 3 aromatic rings. The van der Waals surface area contributed by atoms with Gasteiger partial charge in [0, 0.05) is 17.1 Å². The van der Waals surface area contributed by atoms with E-state index in [9.17, 15) is 4.79 Å². The summed E-state index contributed by atoms with van der Waals surface area (Å²) in [7, 11) is 1.61. The molecule has 2 N–H and O–H groups in total. The molecule has 0 saturated carbocycles. The fraction of sp³-hybridized carbons (Fsp3) is 0.111. The van der Waals surface area contributed by atoms with Crippen molar-refractivity contribution in [3.63, 3.8) is 0 Å². The number of hydrogen-bond donors (Lipinski definition) is 2. The predicted octanol–water partition coefficient (Wildman–Crippen LogP) is 3.67. The molecule has 24 heavy (non-hydrogen) atoms. The van der Waals surface area contributed by atoms with Crippen LogP contribution in [0.25, 0.3) is 11.4 Å². The number of nitrogens with zero attached hydrogens (tertiary/aromatic N) is 1. The van der Waals surface area contributed by atoms with Gasteiger partial charge in [-0.25, -0.2) is 4.98 Å². The number of aromatic nitrogens is 2. The average molecular weight is 342 g/mol. The van der Waals surface area contributed by atoms with Gasteiger partial charge in [-0.15, -0.1) is 0 Å². The zero-order valence-electron chi connectivity index (χ0n) is 13.0. The fourth-order valence-electron chi connectivity index (χ4n) is 2.28. The molecule has 1 aromatic heterocycles. The maximum Gasteiger partial charge on any atom is 0.269 e. The number of carbonyl (C=O) groups is 1. The summed E-state index contributed by atoms with van der Waals surface area (Å²) in [5.41, 5.74) is 2.18. The largest absolute Gasteiger partial charge is 0.497 e. The van der Waals surface area contributed by atoms with Crippen LogP contribution in [0, 0.1) is 0 Å². The number of amides is 1. The summed E-state index contributed by atoms with van der Waals surface area (Å²) in [6, 6.07) is 14.8. The summed E-state index contributed by atoms with van der Waals surface area (Å²) < 4.78 is 5.17. The minimum absolute atomic E-state index is 0.224. The van der Waals surface area contributed by atoms with Crippen molar-refractivity contribution in [3.8, 4) is 17.1 Å². The molecule has 0 unspecified atom stereocenters. The van der Waals surface area contributed by atoms with E-state index in [1.165, 1.54) is 6.20 Å². The van der Waals surface area contributed by atoms with Gasteiger partial charge in [0.05, 0.1) is 13.3 Å². The number of benzene rings is 2. The molecule has 6 heteroatoms. The summed E-state index contributed by atoms with van der Waals surface area (Å²) in [4.78, 5) is 19.5. The van der Waals surface area contributed by atoms with Gasteiger partial charge in [-0.1, -0.05) is 35.9 Å². The second-order valence-electron chi connectivity index (χ2n) is 5.19. The van der Waals surface area contributed by atoms with Crippen molar-refractivity contribution in [2.24, 2.45) is 0 Å². The number of carbonyl (C=O) groups excluding carboxylic acids is 1. The molecule has 0 aliphatic rings. The van der Waals surface area contributed by atoms with Crippen LogP contribution in [0.2, 0.25) is 5.02 Å². The molecule has 0 spiro atoms. The van der Waals surface area contributed by atoms with Gasteiger partial charge < -0.3 is 15.0 Å². The van der Waals surface area contributed by atoms with E-state index in [2.05, 4.69) is 15.3 Å². The monoisotopic (exact) mass is 341 g/mol. The van der Waals surface area contributed by atoms with E-state index in [-0.39, 0.29) is 5.91 Å². The van der Waals surface area contributed by atoms with Gasteiger partial charge in [0.15, 0.2) is 0 Å². The Morgan fingerprint density at radius 3 is 2.88 bits per heavy atom. The number of imidazole rings is 1. The Balaban J connectivity index is 1.67. The first-order chi connectivity index (χ1) is 11.7. The Kier molecular flexibility index (Phi) is 4.82. The standard InChI is InChI=1S/C18H16ClN3O2/c1-24-15-7-2-4-12(8-15)10-21-18(23)16-11-20-17(22-16)13-5-3-6-14(19)9-13/h2-9,11H,10H2,1H3,(H,20,22)(H,21,23). The van der Waals surface area contributed by atoms with E-state index < -0.39 is 0 Å². The highest BCUT2D eigenvalue weighted by molar-refractivity contribution is 6.30. The molecule has 0 aliphatic carbocycles. The van der Waals surface area contributed by atoms with Crippen LogP contribution < -0.4 is 10.1 Å². The van der Waals surface area contributed by atoms with Crippen LogP contribution in [-0.4, -0.2) is 23.0 Å². The molecule has 122 valence electrons. The van der Waals surface area contributed by atoms with E-state index in [1.54, 1.807) is 19.2 Å². The first kappa shape index (κ1) is 16.1. The predicted molar refractivity (Wildman–Crippen MR) is 93.2 cm³/mol. The fourth-order valence-corrected chi connectivity index (χ4v) is 2.47. The van der Waals surface area contributed by atoms with Gasteiger partial charge in [0.2, 0.25) is 0 Å². The first-order valence-electron chi connectivity index (χ1n) is 7.38. The molecule has 2 aromatic carbocycles. The Labute approximate surface area is 144 Å². The molecule has 0 saturated heterocycles. The lowest BCUT2D eigenvalue weighted by Gasteiger charge is -2.06. The van der Waals surface area contributed by atoms with Crippen LogP contribution >= 0.6 is 11.6 Å². The molecule has 1 amide bonds. The number of nitrogens with one attached hydrogen (secondary N) is 2. The molecule has 0 bridgehead atoms. The van der Waals surface area contributed by atoms with Crippen molar-refractivity contribution in [2.45, 2.75) is 6.54 Å². The van der Waals surface area contributed by atoms with E-state index >= 15 is 0 Å². The number of halogens is 1. The maximum atomic E-state index is 12.2. The van der Waals surface area contributed by atoms with Crippen molar-refractivity contribution in [2.75, 3.05) is 7.11 Å². The lowest BCUT2D eigenvalue weighted by molar-refractivity contribution is 0.0946. The van der Waals surface area contributed by atoms with Gasteiger partial charge >= 0.3 is 0 Å². The summed E-state index contributed by atoms with van der Waals surface area (Å²) >= 11 is 5.98. The van der Waals surface area contributed by atoms with Gasteiger partial charge in [0.1, 0.15) is 17.3 Å². The van der Waals surface area contributed by atoms with E-state index in [1.807, 2.05) is 36.4 Å². The lowest BCUT2D eigenvalue weighted by atomic mass is 10.2. The minimum atomic E-state index is -0.224. The third-order valence-electron chi connectivity index (χ3n) is 3.51. The lowest BCUT2D eigenvalue weighted by Crippen LogP contribution is -2.23. The molecule has 1 heterocycles. The topological polar surface area (TPSA) is 67.0 Å². The van der Waals surface area contributed by atoms with Crippen molar-refractivity contribution in [1.29, 1.82) is 0 Å². The quantitative estimate of drug-likeness (QED) is 0.744. The van der Waals surface area contributed by atoms with Crippen LogP contribution in [0.1, 0.15) is 16.1 Å². The zero-order chi connectivity index (χ0) is 16.9. The summed E-state index contributed by atoms with van der Waals surface area (Å²) in [5, 5.41) is 3.47. The number of hydrogen-bond acceptors (Lipinski definition) is 3. The molecule has 0 radical (unpaired) electrons. The highest BCUT2D eigenvalue weighted by atomic mass is 35.5. The van der Waals surface area contributed by atoms with Crippen LogP contribution in [0.4, 0.5) is 0 Å². The number of aromatic amines is 1. The van der Waals surface area contributed by atoms with Crippen molar-refractivity contribution >= 4 is 17.5 Å². The number of H-pyrrole nitrogens is 1. The number of rotatable bonds is 5. The Bertz CT molecular complexity index is 861. The second kappa shape index (κ2) is 7.19. The summed E-state index contributed by atoms with van der Waals surface area (Å²) in [5.74, 6) is 1.13. The minimum Gasteiger partial charge on any atom is -0.497 e. The number of methoxy groups -OCH3 is 1. The summed E-state index contributed by atoms with van der Waals surface area (Å²) in [6.07, 6.45) is 1.51. The molecule has 3 rings (SSSR count). The van der Waals surface area contributed by atoms with E-state index in [4.69, 9.17) is 16.3 Å². The number of ether oxygens (including phenoxy) is 1. The normalized spacial score (nSPS) is 10.4. The van der Waals surface area contributed by atoms with Gasteiger partial charge in [0.25, 0.3) is 5.91 Å². The van der Waals surface area contributed by atoms with Crippen LogP contribution in [-0.2, 0) is 6.54 Å². The third-order valence-corrected chi connectivity index (χ3v) is 3.74. The van der Waals surface area contributed by atoms with Crippen LogP contribution in [0.3, 0.4) is 0 Å².